The molecule has 1 aromatic heterocycles. The van der Waals surface area contributed by atoms with Crippen LogP contribution in [0, 0.1) is 0 Å². The van der Waals surface area contributed by atoms with Gasteiger partial charge >= 0.3 is 5.97 Å². The topological polar surface area (TPSA) is 55.4 Å². The molecule has 0 aliphatic carbocycles. The number of nitrogens with one attached hydrogen (secondary N) is 1. The lowest BCUT2D eigenvalue weighted by atomic mass is 10.1. The van der Waals surface area contributed by atoms with Crippen LogP contribution in [0.4, 0.5) is 5.00 Å². The molecule has 0 bridgehead atoms. The van der Waals surface area contributed by atoms with Crippen LogP contribution < -0.4 is 5.32 Å². The first-order chi connectivity index (χ1) is 12.6. The third-order valence-corrected chi connectivity index (χ3v) is 5.17. The van der Waals surface area contributed by atoms with Crippen LogP contribution >= 0.6 is 22.9 Å². The highest BCUT2D eigenvalue weighted by molar-refractivity contribution is 7.23. The molecule has 26 heavy (non-hydrogen) atoms. The molecule has 6 heteroatoms. The third kappa shape index (κ3) is 4.06. The molecule has 0 aliphatic heterocycles. The van der Waals surface area contributed by atoms with E-state index in [1.165, 1.54) is 11.3 Å². The van der Waals surface area contributed by atoms with E-state index in [0.717, 1.165) is 22.9 Å². The molecule has 3 rings (SSSR count). The molecule has 0 saturated carbocycles. The van der Waals surface area contributed by atoms with Crippen molar-refractivity contribution in [1.29, 1.82) is 0 Å². The van der Waals surface area contributed by atoms with Crippen LogP contribution in [0.2, 0.25) is 5.02 Å². The Morgan fingerprint density at radius 2 is 1.96 bits per heavy atom. The number of thiophene rings is 1. The largest absolute Gasteiger partial charge is 0.462 e. The number of esters is 1. The van der Waals surface area contributed by atoms with Gasteiger partial charge < -0.3 is 10.1 Å². The summed E-state index contributed by atoms with van der Waals surface area (Å²) >= 11 is 7.31. The summed E-state index contributed by atoms with van der Waals surface area (Å²) in [5.41, 5.74) is 0.831. The minimum absolute atomic E-state index is 0.318. The number of rotatable bonds is 6. The van der Waals surface area contributed by atoms with Gasteiger partial charge in [0.2, 0.25) is 0 Å². The highest BCUT2D eigenvalue weighted by atomic mass is 35.5. The minimum Gasteiger partial charge on any atom is -0.462 e. The van der Waals surface area contributed by atoms with E-state index in [2.05, 4.69) is 5.32 Å². The van der Waals surface area contributed by atoms with Gasteiger partial charge in [0, 0.05) is 20.7 Å². The van der Waals surface area contributed by atoms with Crippen molar-refractivity contribution in [2.75, 3.05) is 11.9 Å². The van der Waals surface area contributed by atoms with Gasteiger partial charge in [-0.05, 0) is 30.7 Å². The van der Waals surface area contributed by atoms with E-state index < -0.39 is 5.97 Å². The number of unbranched alkanes of at least 4 members (excludes halogenated alkanes) is 1. The standard InChI is InChI=1S/C20H18ClNO3S/c1-2-3-11-25-20(24)17-15-9-4-5-10-16(15)26-19(17)22-18(23)13-7-6-8-14(21)12-13/h4-10,12H,2-3,11H2,1H3,(H,22,23). The second kappa shape index (κ2) is 8.34. The van der Waals surface area contributed by atoms with Crippen molar-refractivity contribution in [3.8, 4) is 0 Å². The maximum atomic E-state index is 12.6. The molecule has 1 heterocycles. The predicted molar refractivity (Wildman–Crippen MR) is 106 cm³/mol. The first-order valence-corrected chi connectivity index (χ1v) is 9.55. The molecule has 0 radical (unpaired) electrons. The molecular weight excluding hydrogens is 370 g/mol. The number of ether oxygens (including phenoxy) is 1. The van der Waals surface area contributed by atoms with Crippen molar-refractivity contribution in [1.82, 2.24) is 0 Å². The first-order valence-electron chi connectivity index (χ1n) is 8.35. The molecular formula is C20H18ClNO3S. The number of hydrogen-bond acceptors (Lipinski definition) is 4. The monoisotopic (exact) mass is 387 g/mol. The van der Waals surface area contributed by atoms with E-state index in [-0.39, 0.29) is 5.91 Å². The van der Waals surface area contributed by atoms with Crippen molar-refractivity contribution in [2.45, 2.75) is 19.8 Å². The van der Waals surface area contributed by atoms with Gasteiger partial charge in [-0.15, -0.1) is 11.3 Å². The number of amides is 1. The summed E-state index contributed by atoms with van der Waals surface area (Å²) in [5.74, 6) is -0.737. The average Bonchev–Trinajstić information content (AvgIpc) is 2.99. The number of halogens is 1. The first kappa shape index (κ1) is 18.4. The zero-order valence-corrected chi connectivity index (χ0v) is 15.8. The number of hydrogen-bond donors (Lipinski definition) is 1. The fourth-order valence-corrected chi connectivity index (χ4v) is 3.80. The van der Waals surface area contributed by atoms with Gasteiger partial charge in [-0.2, -0.15) is 0 Å². The summed E-state index contributed by atoms with van der Waals surface area (Å²) in [4.78, 5) is 25.2. The summed E-state index contributed by atoms with van der Waals surface area (Å²) in [7, 11) is 0. The quantitative estimate of drug-likeness (QED) is 0.432. The van der Waals surface area contributed by atoms with Crippen LogP contribution in [0.15, 0.2) is 48.5 Å². The summed E-state index contributed by atoms with van der Waals surface area (Å²) in [6, 6.07) is 14.2. The Morgan fingerprint density at radius 3 is 2.73 bits per heavy atom. The molecule has 2 aromatic carbocycles. The van der Waals surface area contributed by atoms with Crippen LogP contribution in [0.5, 0.6) is 0 Å². The maximum absolute atomic E-state index is 12.6. The highest BCUT2D eigenvalue weighted by Crippen LogP contribution is 2.36. The van der Waals surface area contributed by atoms with Crippen molar-refractivity contribution >= 4 is 49.9 Å². The normalized spacial score (nSPS) is 10.7. The van der Waals surface area contributed by atoms with Crippen molar-refractivity contribution < 1.29 is 14.3 Å². The zero-order chi connectivity index (χ0) is 18.5. The van der Waals surface area contributed by atoms with Gasteiger partial charge in [0.1, 0.15) is 10.6 Å². The van der Waals surface area contributed by atoms with Crippen LogP contribution in [0.1, 0.15) is 40.5 Å². The van der Waals surface area contributed by atoms with Gasteiger partial charge in [0.25, 0.3) is 5.91 Å². The smallest absolute Gasteiger partial charge is 0.341 e. The Labute approximate surface area is 160 Å². The zero-order valence-electron chi connectivity index (χ0n) is 14.3. The molecule has 0 unspecified atom stereocenters. The molecule has 1 N–H and O–H groups in total. The van der Waals surface area contributed by atoms with Crippen molar-refractivity contribution in [3.63, 3.8) is 0 Å². The van der Waals surface area contributed by atoms with Gasteiger partial charge in [0.05, 0.1) is 6.61 Å². The van der Waals surface area contributed by atoms with Crippen molar-refractivity contribution in [2.24, 2.45) is 0 Å². The number of anilines is 1. The third-order valence-electron chi connectivity index (χ3n) is 3.84. The molecule has 0 saturated heterocycles. The Kier molecular flexibility index (Phi) is 5.91. The van der Waals surface area contributed by atoms with Gasteiger partial charge in [-0.25, -0.2) is 4.79 Å². The second-order valence-electron chi connectivity index (χ2n) is 5.76. The fraction of sp³-hybridized carbons (Fsp3) is 0.200. The Bertz CT molecular complexity index is 951. The van der Waals surface area contributed by atoms with Crippen LogP contribution in [0.3, 0.4) is 0 Å². The van der Waals surface area contributed by atoms with Crippen LogP contribution in [-0.2, 0) is 4.74 Å². The van der Waals surface area contributed by atoms with E-state index in [1.54, 1.807) is 24.3 Å². The predicted octanol–water partition coefficient (Wildman–Crippen LogP) is 5.76. The molecule has 0 atom stereocenters. The van der Waals surface area contributed by atoms with E-state index in [1.807, 2.05) is 31.2 Å². The van der Waals surface area contributed by atoms with E-state index >= 15 is 0 Å². The molecule has 1 amide bonds. The molecule has 0 fully saturated rings. The average molecular weight is 388 g/mol. The maximum Gasteiger partial charge on any atom is 0.341 e. The van der Waals surface area contributed by atoms with E-state index in [0.29, 0.717) is 27.8 Å². The highest BCUT2D eigenvalue weighted by Gasteiger charge is 2.22. The number of benzene rings is 2. The second-order valence-corrected chi connectivity index (χ2v) is 7.24. The SMILES string of the molecule is CCCCOC(=O)c1c(NC(=O)c2cccc(Cl)c2)sc2ccccc12. The van der Waals surface area contributed by atoms with E-state index in [9.17, 15) is 9.59 Å². The molecule has 3 aromatic rings. The van der Waals surface area contributed by atoms with E-state index in [4.69, 9.17) is 16.3 Å². The fourth-order valence-electron chi connectivity index (χ4n) is 2.52. The van der Waals surface area contributed by atoms with Crippen molar-refractivity contribution in [3.05, 3.63) is 64.7 Å². The van der Waals surface area contributed by atoms with Crippen LogP contribution in [0.25, 0.3) is 10.1 Å². The Balaban J connectivity index is 1.93. The molecule has 4 nitrogen and oxygen atoms in total. The van der Waals surface area contributed by atoms with Gasteiger partial charge in [0.15, 0.2) is 0 Å². The number of carbonyl (C=O) groups excluding carboxylic acids is 2. The molecule has 0 aliphatic rings. The Morgan fingerprint density at radius 1 is 1.15 bits per heavy atom. The summed E-state index contributed by atoms with van der Waals surface area (Å²) in [6.45, 7) is 2.39. The number of carbonyl (C=O) groups is 2. The molecule has 0 spiro atoms. The minimum atomic E-state index is -0.419. The summed E-state index contributed by atoms with van der Waals surface area (Å²) in [5, 5.41) is 4.58. The molecule has 134 valence electrons. The Hall–Kier alpha value is -2.37. The van der Waals surface area contributed by atoms with Gasteiger partial charge in [-0.3, -0.25) is 4.79 Å². The summed E-state index contributed by atoms with van der Waals surface area (Å²) < 4.78 is 6.29. The number of fused-ring (bicyclic) bond motifs is 1. The van der Waals surface area contributed by atoms with Crippen LogP contribution in [-0.4, -0.2) is 18.5 Å². The lowest BCUT2D eigenvalue weighted by Gasteiger charge is -2.08. The van der Waals surface area contributed by atoms with Gasteiger partial charge in [-0.1, -0.05) is 49.2 Å². The lowest BCUT2D eigenvalue weighted by Crippen LogP contribution is -2.14. The lowest BCUT2D eigenvalue weighted by molar-refractivity contribution is 0.0503. The summed E-state index contributed by atoms with van der Waals surface area (Å²) in [6.07, 6.45) is 1.74.